The summed E-state index contributed by atoms with van der Waals surface area (Å²) >= 11 is 0. The van der Waals surface area contributed by atoms with Gasteiger partial charge >= 0.3 is 0 Å². The molecule has 0 unspecified atom stereocenters. The lowest BCUT2D eigenvalue weighted by Crippen LogP contribution is -2.11. The molecule has 0 N–H and O–H groups in total. The molecule has 0 saturated heterocycles. The van der Waals surface area contributed by atoms with Gasteiger partial charge in [-0.15, -0.1) is 0 Å². The lowest BCUT2D eigenvalue weighted by Gasteiger charge is -2.12. The van der Waals surface area contributed by atoms with Crippen LogP contribution in [0.1, 0.15) is 0 Å². The molecule has 0 radical (unpaired) electrons. The van der Waals surface area contributed by atoms with Gasteiger partial charge in [0.2, 0.25) is 9.04 Å². The quantitative estimate of drug-likeness (QED) is 0.705. The normalized spacial score (nSPS) is 10.9. The van der Waals surface area contributed by atoms with Crippen LogP contribution in [0.25, 0.3) is 10.8 Å². The molecule has 0 aliphatic rings. The molecule has 1 nitrogen and oxygen atoms in total. The smallest absolute Gasteiger partial charge is 0.229 e. The van der Waals surface area contributed by atoms with E-state index in [1.165, 1.54) is 6.07 Å². The van der Waals surface area contributed by atoms with E-state index >= 15 is 0 Å². The predicted octanol–water partition coefficient (Wildman–Crippen LogP) is 3.34. The predicted molar refractivity (Wildman–Crippen MR) is 63.4 cm³/mol. The Hall–Kier alpha value is -1.35. The van der Waals surface area contributed by atoms with Crippen LogP contribution in [-0.4, -0.2) is 9.04 Å². The van der Waals surface area contributed by atoms with Gasteiger partial charge < -0.3 is 4.43 Å². The van der Waals surface area contributed by atoms with Gasteiger partial charge in [0, 0.05) is 10.8 Å². The Labute approximate surface area is 90.2 Å². The number of rotatable bonds is 2. The van der Waals surface area contributed by atoms with Crippen LogP contribution in [0.4, 0.5) is 4.39 Å². The third kappa shape index (κ3) is 2.02. The number of fused-ring (bicyclic) bond motifs is 1. The van der Waals surface area contributed by atoms with Gasteiger partial charge in [-0.1, -0.05) is 24.3 Å². The van der Waals surface area contributed by atoms with E-state index < -0.39 is 9.04 Å². The van der Waals surface area contributed by atoms with Crippen molar-refractivity contribution < 1.29 is 8.82 Å². The molecule has 0 aliphatic carbocycles. The highest BCUT2D eigenvalue weighted by Crippen LogP contribution is 2.27. The van der Waals surface area contributed by atoms with Crippen LogP contribution >= 0.6 is 0 Å². The van der Waals surface area contributed by atoms with Gasteiger partial charge in [0.1, 0.15) is 11.6 Å². The minimum absolute atomic E-state index is 0.191. The summed E-state index contributed by atoms with van der Waals surface area (Å²) < 4.78 is 19.2. The molecule has 0 aliphatic heterocycles. The van der Waals surface area contributed by atoms with Crippen molar-refractivity contribution in [1.82, 2.24) is 0 Å². The molecule has 2 rings (SSSR count). The molecule has 0 amide bonds. The highest BCUT2D eigenvalue weighted by atomic mass is 28.3. The van der Waals surface area contributed by atoms with E-state index in [1.54, 1.807) is 12.1 Å². The van der Waals surface area contributed by atoms with E-state index in [1.807, 2.05) is 18.2 Å². The van der Waals surface area contributed by atoms with Crippen LogP contribution in [0.3, 0.4) is 0 Å². The Morgan fingerprint density at radius 2 is 1.67 bits per heavy atom. The van der Waals surface area contributed by atoms with Gasteiger partial charge in [0.25, 0.3) is 0 Å². The van der Waals surface area contributed by atoms with E-state index in [9.17, 15) is 4.39 Å². The van der Waals surface area contributed by atoms with E-state index in [0.717, 1.165) is 11.1 Å². The minimum Gasteiger partial charge on any atom is -0.547 e. The van der Waals surface area contributed by atoms with Gasteiger partial charge in [-0.2, -0.15) is 0 Å². The third-order valence-electron chi connectivity index (χ3n) is 2.19. The van der Waals surface area contributed by atoms with Crippen LogP contribution in [0, 0.1) is 5.82 Å². The van der Waals surface area contributed by atoms with Crippen LogP contribution in [0.15, 0.2) is 36.4 Å². The van der Waals surface area contributed by atoms with Crippen molar-refractivity contribution >= 4 is 19.8 Å². The van der Waals surface area contributed by atoms with E-state index in [-0.39, 0.29) is 5.82 Å². The molecule has 2 aromatic carbocycles. The van der Waals surface area contributed by atoms with Gasteiger partial charge in [-0.05, 0) is 25.2 Å². The van der Waals surface area contributed by atoms with Crippen LogP contribution in [-0.2, 0) is 0 Å². The summed E-state index contributed by atoms with van der Waals surface area (Å²) in [6.07, 6.45) is 0. The molecule has 0 fully saturated rings. The second-order valence-corrected chi connectivity index (χ2v) is 6.09. The zero-order valence-corrected chi connectivity index (χ0v) is 9.98. The average molecular weight is 220 g/mol. The van der Waals surface area contributed by atoms with Gasteiger partial charge in [0.05, 0.1) is 0 Å². The van der Waals surface area contributed by atoms with Gasteiger partial charge in [0.15, 0.2) is 0 Å². The summed E-state index contributed by atoms with van der Waals surface area (Å²) in [6.45, 7) is 4.19. The van der Waals surface area contributed by atoms with Crippen LogP contribution < -0.4 is 4.43 Å². The Morgan fingerprint density at radius 1 is 1.00 bits per heavy atom. The monoisotopic (exact) mass is 220 g/mol. The summed E-state index contributed by atoms with van der Waals surface area (Å²) in [4.78, 5) is 0. The van der Waals surface area contributed by atoms with Crippen molar-refractivity contribution in [2.75, 3.05) is 0 Å². The maximum absolute atomic E-state index is 13.5. The number of hydrogen-bond acceptors (Lipinski definition) is 1. The second-order valence-electron chi connectivity index (χ2n) is 3.76. The van der Waals surface area contributed by atoms with Crippen LogP contribution in [0.5, 0.6) is 5.75 Å². The van der Waals surface area contributed by atoms with E-state index in [4.69, 9.17) is 4.43 Å². The standard InChI is InChI=1S/C12H13FOSi/c1-15(2)14-12-8-7-11(13)9-5-3-4-6-10(9)12/h3-8,15H,1-2H3. The van der Waals surface area contributed by atoms with E-state index in [0.29, 0.717) is 5.39 Å². The lowest BCUT2D eigenvalue weighted by atomic mass is 10.1. The summed E-state index contributed by atoms with van der Waals surface area (Å²) in [6, 6.07) is 10.6. The van der Waals surface area contributed by atoms with Gasteiger partial charge in [-0.3, -0.25) is 0 Å². The number of hydrogen-bond donors (Lipinski definition) is 0. The first-order chi connectivity index (χ1) is 7.18. The fourth-order valence-electron chi connectivity index (χ4n) is 1.59. The molecule has 0 bridgehead atoms. The Bertz CT molecular complexity index is 482. The maximum atomic E-state index is 13.5. The topological polar surface area (TPSA) is 9.23 Å². The molecule has 15 heavy (non-hydrogen) atoms. The Morgan fingerprint density at radius 3 is 2.33 bits per heavy atom. The highest BCUT2D eigenvalue weighted by molar-refractivity contribution is 6.49. The van der Waals surface area contributed by atoms with E-state index in [2.05, 4.69) is 13.1 Å². The molecule has 0 spiro atoms. The summed E-state index contributed by atoms with van der Waals surface area (Å²) in [5.74, 6) is 0.608. The number of benzene rings is 2. The van der Waals surface area contributed by atoms with Gasteiger partial charge in [-0.25, -0.2) is 4.39 Å². The van der Waals surface area contributed by atoms with Crippen molar-refractivity contribution in [3.8, 4) is 5.75 Å². The third-order valence-corrected chi connectivity index (χ3v) is 2.92. The Balaban J connectivity index is 2.61. The minimum atomic E-state index is -1.14. The molecule has 3 heteroatoms. The number of halogens is 1. The first-order valence-electron chi connectivity index (χ1n) is 5.02. The molecule has 0 saturated carbocycles. The maximum Gasteiger partial charge on any atom is 0.229 e. The fraction of sp³-hybridized carbons (Fsp3) is 0.167. The van der Waals surface area contributed by atoms with Crippen molar-refractivity contribution in [1.29, 1.82) is 0 Å². The molecule has 2 aromatic rings. The molecule has 0 aromatic heterocycles. The summed E-state index contributed by atoms with van der Waals surface area (Å²) in [5.41, 5.74) is 0. The van der Waals surface area contributed by atoms with Crippen LogP contribution in [0.2, 0.25) is 13.1 Å². The molecular formula is C12H13FOSi. The molecule has 78 valence electrons. The molecule has 0 atom stereocenters. The lowest BCUT2D eigenvalue weighted by molar-refractivity contribution is 0.583. The van der Waals surface area contributed by atoms with Crippen molar-refractivity contribution in [2.45, 2.75) is 13.1 Å². The van der Waals surface area contributed by atoms with Crippen molar-refractivity contribution in [2.24, 2.45) is 0 Å². The second kappa shape index (κ2) is 4.02. The first kappa shape index (κ1) is 10.2. The Kier molecular flexibility index (Phi) is 2.73. The largest absolute Gasteiger partial charge is 0.547 e. The molecule has 0 heterocycles. The fourth-order valence-corrected chi connectivity index (χ4v) is 2.30. The zero-order valence-electron chi connectivity index (χ0n) is 8.83. The first-order valence-corrected chi connectivity index (χ1v) is 7.80. The highest BCUT2D eigenvalue weighted by Gasteiger charge is 2.07. The summed E-state index contributed by atoms with van der Waals surface area (Å²) in [7, 11) is -1.14. The SMILES string of the molecule is C[SiH](C)Oc1ccc(F)c2ccccc12. The van der Waals surface area contributed by atoms with Crippen molar-refractivity contribution in [3.05, 3.63) is 42.2 Å². The average Bonchev–Trinajstić information content (AvgIpc) is 2.22. The summed E-state index contributed by atoms with van der Waals surface area (Å²) in [5, 5.41) is 1.49. The zero-order chi connectivity index (χ0) is 10.8. The molecular weight excluding hydrogens is 207 g/mol. The van der Waals surface area contributed by atoms with Crippen molar-refractivity contribution in [3.63, 3.8) is 0 Å².